The van der Waals surface area contributed by atoms with E-state index in [0.29, 0.717) is 6.04 Å². The fourth-order valence-electron chi connectivity index (χ4n) is 3.23. The van der Waals surface area contributed by atoms with Crippen molar-refractivity contribution in [1.82, 2.24) is 5.32 Å². The number of rotatable bonds is 8. The predicted octanol–water partition coefficient (Wildman–Crippen LogP) is 3.77. The summed E-state index contributed by atoms with van der Waals surface area (Å²) < 4.78 is 0. The van der Waals surface area contributed by atoms with Gasteiger partial charge in [-0.3, -0.25) is 4.79 Å². The molecule has 1 aliphatic carbocycles. The molecule has 1 unspecified atom stereocenters. The van der Waals surface area contributed by atoms with Crippen molar-refractivity contribution in [1.29, 1.82) is 0 Å². The second-order valence-electron chi connectivity index (χ2n) is 6.78. The maximum atomic E-state index is 11.1. The molecule has 0 heterocycles. The van der Waals surface area contributed by atoms with Crippen molar-refractivity contribution in [3.63, 3.8) is 0 Å². The number of aliphatic hydroxyl groups excluding tert-OH is 1. The molecule has 26 heavy (non-hydrogen) atoms. The molecule has 2 aromatic carbocycles. The lowest BCUT2D eigenvalue weighted by Gasteiger charge is -2.15. The third-order valence-corrected chi connectivity index (χ3v) is 4.71. The van der Waals surface area contributed by atoms with E-state index in [-0.39, 0.29) is 5.78 Å². The lowest BCUT2D eigenvalue weighted by atomic mass is 10.0. The Morgan fingerprint density at radius 3 is 2.73 bits per heavy atom. The zero-order chi connectivity index (χ0) is 18.4. The number of carbonyl (C=O) groups is 1. The molecule has 3 heteroatoms. The molecule has 1 aliphatic rings. The highest BCUT2D eigenvalue weighted by molar-refractivity contribution is 5.94. The lowest BCUT2D eigenvalue weighted by Crippen LogP contribution is -2.25. The Labute approximate surface area is 155 Å². The third kappa shape index (κ3) is 4.78. The third-order valence-electron chi connectivity index (χ3n) is 4.71. The Morgan fingerprint density at radius 1 is 1.19 bits per heavy atom. The highest BCUT2D eigenvalue weighted by atomic mass is 16.3. The smallest absolute Gasteiger partial charge is 0.181 e. The number of ketones is 1. The summed E-state index contributed by atoms with van der Waals surface area (Å²) in [5.74, 6) is -0.285. The normalized spacial score (nSPS) is 14.3. The first-order valence-corrected chi connectivity index (χ1v) is 9.07. The SMILES string of the molecule is CC(CC1=CCc2ccccc21)NCc1ccc(/C=C/C(=O)CO)cc1. The second kappa shape index (κ2) is 8.75. The molecular formula is C23H25NO2. The van der Waals surface area contributed by atoms with Gasteiger partial charge in [-0.2, -0.15) is 0 Å². The molecule has 0 fully saturated rings. The average molecular weight is 347 g/mol. The largest absolute Gasteiger partial charge is 0.388 e. The molecule has 3 rings (SSSR count). The van der Waals surface area contributed by atoms with Crippen LogP contribution >= 0.6 is 0 Å². The first-order valence-electron chi connectivity index (χ1n) is 9.07. The van der Waals surface area contributed by atoms with Gasteiger partial charge in [-0.15, -0.1) is 0 Å². The van der Waals surface area contributed by atoms with E-state index in [2.05, 4.69) is 54.7 Å². The molecule has 0 saturated heterocycles. The molecule has 0 bridgehead atoms. The molecule has 2 aromatic rings. The van der Waals surface area contributed by atoms with Crippen LogP contribution in [0.2, 0.25) is 0 Å². The van der Waals surface area contributed by atoms with Crippen LogP contribution in [0.4, 0.5) is 0 Å². The van der Waals surface area contributed by atoms with Crippen LogP contribution in [0, 0.1) is 0 Å². The van der Waals surface area contributed by atoms with Crippen LogP contribution in [0.3, 0.4) is 0 Å². The van der Waals surface area contributed by atoms with Crippen LogP contribution in [0.25, 0.3) is 11.6 Å². The van der Waals surface area contributed by atoms with Gasteiger partial charge in [-0.1, -0.05) is 60.7 Å². The second-order valence-corrected chi connectivity index (χ2v) is 6.78. The molecule has 1 atom stereocenters. The van der Waals surface area contributed by atoms with Gasteiger partial charge in [-0.05, 0) is 53.7 Å². The van der Waals surface area contributed by atoms with Crippen LogP contribution in [-0.4, -0.2) is 23.5 Å². The first kappa shape index (κ1) is 18.3. The van der Waals surface area contributed by atoms with Gasteiger partial charge < -0.3 is 10.4 Å². The minimum atomic E-state index is -0.447. The molecule has 0 spiro atoms. The van der Waals surface area contributed by atoms with Crippen molar-refractivity contribution in [3.8, 4) is 0 Å². The lowest BCUT2D eigenvalue weighted by molar-refractivity contribution is -0.117. The highest BCUT2D eigenvalue weighted by Gasteiger charge is 2.15. The van der Waals surface area contributed by atoms with Crippen LogP contribution in [0.5, 0.6) is 0 Å². The highest BCUT2D eigenvalue weighted by Crippen LogP contribution is 2.30. The predicted molar refractivity (Wildman–Crippen MR) is 107 cm³/mol. The molecular weight excluding hydrogens is 322 g/mol. The summed E-state index contributed by atoms with van der Waals surface area (Å²) in [5, 5.41) is 12.3. The number of benzene rings is 2. The van der Waals surface area contributed by atoms with Gasteiger partial charge in [0.15, 0.2) is 5.78 Å². The molecule has 134 valence electrons. The fourth-order valence-corrected chi connectivity index (χ4v) is 3.23. The molecule has 3 nitrogen and oxygen atoms in total. The molecule has 0 radical (unpaired) electrons. The van der Waals surface area contributed by atoms with Crippen LogP contribution in [0.1, 0.15) is 35.6 Å². The van der Waals surface area contributed by atoms with Crippen molar-refractivity contribution in [3.05, 3.63) is 82.9 Å². The van der Waals surface area contributed by atoms with Gasteiger partial charge in [0.05, 0.1) is 0 Å². The molecule has 0 aromatic heterocycles. The van der Waals surface area contributed by atoms with Crippen LogP contribution in [0.15, 0.2) is 60.7 Å². The zero-order valence-electron chi connectivity index (χ0n) is 15.1. The number of hydrogen-bond donors (Lipinski definition) is 2. The Kier molecular flexibility index (Phi) is 6.16. The summed E-state index contributed by atoms with van der Waals surface area (Å²) in [6.07, 6.45) is 7.55. The number of aliphatic hydroxyl groups is 1. The van der Waals surface area contributed by atoms with Crippen molar-refractivity contribution < 1.29 is 9.90 Å². The van der Waals surface area contributed by atoms with Crippen molar-refractivity contribution in [2.24, 2.45) is 0 Å². The maximum Gasteiger partial charge on any atom is 0.181 e. The van der Waals surface area contributed by atoms with E-state index in [0.717, 1.165) is 24.9 Å². The van der Waals surface area contributed by atoms with Gasteiger partial charge in [0.25, 0.3) is 0 Å². The Hall–Kier alpha value is -2.49. The number of allylic oxidation sites excluding steroid dienone is 1. The summed E-state index contributed by atoms with van der Waals surface area (Å²) >= 11 is 0. The van der Waals surface area contributed by atoms with E-state index in [4.69, 9.17) is 5.11 Å². The minimum absolute atomic E-state index is 0.285. The number of fused-ring (bicyclic) bond motifs is 1. The van der Waals surface area contributed by atoms with E-state index in [1.165, 1.54) is 28.3 Å². The van der Waals surface area contributed by atoms with E-state index < -0.39 is 6.61 Å². The molecule has 0 saturated carbocycles. The van der Waals surface area contributed by atoms with Gasteiger partial charge in [0, 0.05) is 12.6 Å². The van der Waals surface area contributed by atoms with Crippen molar-refractivity contribution in [2.75, 3.05) is 6.61 Å². The summed E-state index contributed by atoms with van der Waals surface area (Å²) in [5.41, 5.74) is 6.43. The van der Waals surface area contributed by atoms with E-state index in [1.807, 2.05) is 12.1 Å². The maximum absolute atomic E-state index is 11.1. The van der Waals surface area contributed by atoms with Gasteiger partial charge in [0.1, 0.15) is 6.61 Å². The zero-order valence-corrected chi connectivity index (χ0v) is 15.1. The minimum Gasteiger partial charge on any atom is -0.388 e. The number of nitrogens with one attached hydrogen (secondary N) is 1. The van der Waals surface area contributed by atoms with Crippen molar-refractivity contribution in [2.45, 2.75) is 32.4 Å². The van der Waals surface area contributed by atoms with Crippen LogP contribution < -0.4 is 5.32 Å². The Morgan fingerprint density at radius 2 is 1.96 bits per heavy atom. The average Bonchev–Trinajstić information content (AvgIpc) is 3.08. The fraction of sp³-hybridized carbons (Fsp3) is 0.261. The summed E-state index contributed by atoms with van der Waals surface area (Å²) in [4.78, 5) is 11.1. The standard InChI is InChI=1S/C23H25NO2/c1-17(14-21-12-11-20-4-2-3-5-23(20)21)24-15-19-8-6-18(7-9-19)10-13-22(26)16-25/h2-10,12-13,17,24-25H,11,14-16H2,1H3/b13-10+. The summed E-state index contributed by atoms with van der Waals surface area (Å²) in [6.45, 7) is 2.59. The van der Waals surface area contributed by atoms with Crippen LogP contribution in [-0.2, 0) is 17.8 Å². The first-order chi connectivity index (χ1) is 12.7. The summed E-state index contributed by atoms with van der Waals surface area (Å²) in [7, 11) is 0. The van der Waals surface area contributed by atoms with E-state index >= 15 is 0 Å². The van der Waals surface area contributed by atoms with Gasteiger partial charge in [0.2, 0.25) is 0 Å². The molecule has 0 amide bonds. The Bertz CT molecular complexity index is 818. The number of hydrogen-bond acceptors (Lipinski definition) is 3. The van der Waals surface area contributed by atoms with Gasteiger partial charge in [-0.25, -0.2) is 0 Å². The monoisotopic (exact) mass is 347 g/mol. The van der Waals surface area contributed by atoms with E-state index in [9.17, 15) is 4.79 Å². The molecule has 0 aliphatic heterocycles. The van der Waals surface area contributed by atoms with Crippen molar-refractivity contribution >= 4 is 17.4 Å². The molecule has 2 N–H and O–H groups in total. The van der Waals surface area contributed by atoms with Gasteiger partial charge >= 0.3 is 0 Å². The quantitative estimate of drug-likeness (QED) is 0.715. The topological polar surface area (TPSA) is 49.3 Å². The number of carbonyl (C=O) groups excluding carboxylic acids is 1. The summed E-state index contributed by atoms with van der Waals surface area (Å²) in [6, 6.07) is 17.1. The van der Waals surface area contributed by atoms with E-state index in [1.54, 1.807) is 6.08 Å². The Balaban J connectivity index is 1.50.